The molecular weight excluding hydrogens is 338 g/mol. The molecule has 0 radical (unpaired) electrons. The molecule has 2 N–H and O–H groups in total. The summed E-state index contributed by atoms with van der Waals surface area (Å²) in [6.07, 6.45) is 2.69. The van der Waals surface area contributed by atoms with Crippen LogP contribution in [-0.2, 0) is 0 Å². The summed E-state index contributed by atoms with van der Waals surface area (Å²) < 4.78 is 27.4. The average molecular weight is 350 g/mol. The number of benzene rings is 2. The van der Waals surface area contributed by atoms with Gasteiger partial charge in [-0.1, -0.05) is 6.07 Å². The largest absolute Gasteiger partial charge is 0.349 e. The third kappa shape index (κ3) is 3.82. The molecule has 1 amide bonds. The smallest absolute Gasteiger partial charge is 0.257 e. The molecule has 2 aromatic carbocycles. The van der Waals surface area contributed by atoms with Crippen molar-refractivity contribution in [2.45, 2.75) is 0 Å². The summed E-state index contributed by atoms with van der Waals surface area (Å²) in [6.45, 7) is 0. The van der Waals surface area contributed by atoms with Crippen LogP contribution in [0.5, 0.6) is 0 Å². The third-order valence-corrected chi connectivity index (χ3v) is 3.50. The summed E-state index contributed by atoms with van der Waals surface area (Å²) in [4.78, 5) is 16.2. The monoisotopic (exact) mass is 350 g/mol. The first-order valence-corrected chi connectivity index (χ1v) is 7.54. The number of hydrogen-bond donors (Lipinski definition) is 2. The van der Waals surface area contributed by atoms with Gasteiger partial charge in [-0.2, -0.15) is 5.26 Å². The van der Waals surface area contributed by atoms with E-state index < -0.39 is 17.5 Å². The minimum Gasteiger partial charge on any atom is -0.349 e. The maximum atomic E-state index is 13.7. The fourth-order valence-corrected chi connectivity index (χ4v) is 2.23. The van der Waals surface area contributed by atoms with E-state index in [1.165, 1.54) is 24.5 Å². The van der Waals surface area contributed by atoms with E-state index in [1.54, 1.807) is 24.3 Å². The number of amides is 1. The molecule has 0 unspecified atom stereocenters. The van der Waals surface area contributed by atoms with Gasteiger partial charge >= 0.3 is 0 Å². The minimum absolute atomic E-state index is 0.205. The lowest BCUT2D eigenvalue weighted by molar-refractivity contribution is 0.102. The molecule has 0 bridgehead atoms. The van der Waals surface area contributed by atoms with E-state index in [9.17, 15) is 13.6 Å². The Hall–Kier alpha value is -3.79. The van der Waals surface area contributed by atoms with Crippen LogP contribution in [0.3, 0.4) is 0 Å². The molecule has 0 atom stereocenters. The predicted molar refractivity (Wildman–Crippen MR) is 93.0 cm³/mol. The summed E-state index contributed by atoms with van der Waals surface area (Å²) in [5.41, 5.74) is 1.13. The van der Waals surface area contributed by atoms with Crippen molar-refractivity contribution >= 4 is 23.0 Å². The van der Waals surface area contributed by atoms with Crippen LogP contribution in [0.1, 0.15) is 15.9 Å². The Morgan fingerprint density at radius 1 is 1.00 bits per heavy atom. The molecule has 1 aromatic heterocycles. The SMILES string of the molecule is N#Cc1ccc(NC(=O)c2cncc(Nc3c(F)cccc3F)c2)cc1. The Morgan fingerprint density at radius 3 is 2.35 bits per heavy atom. The van der Waals surface area contributed by atoms with Crippen LogP contribution in [0.15, 0.2) is 60.9 Å². The number of halogens is 2. The van der Waals surface area contributed by atoms with Crippen molar-refractivity contribution in [3.63, 3.8) is 0 Å². The van der Waals surface area contributed by atoms with Gasteiger partial charge in [-0.25, -0.2) is 8.78 Å². The second kappa shape index (κ2) is 7.40. The van der Waals surface area contributed by atoms with Gasteiger partial charge in [-0.3, -0.25) is 9.78 Å². The molecular formula is C19H12F2N4O. The van der Waals surface area contributed by atoms with E-state index in [-0.39, 0.29) is 16.9 Å². The molecule has 0 aliphatic rings. The second-order valence-electron chi connectivity index (χ2n) is 5.33. The molecule has 1 heterocycles. The van der Waals surface area contributed by atoms with Crippen LogP contribution < -0.4 is 10.6 Å². The molecule has 7 heteroatoms. The zero-order chi connectivity index (χ0) is 18.5. The number of aromatic nitrogens is 1. The highest BCUT2D eigenvalue weighted by Gasteiger charge is 2.11. The normalized spacial score (nSPS) is 10.0. The van der Waals surface area contributed by atoms with Crippen molar-refractivity contribution in [1.29, 1.82) is 5.26 Å². The molecule has 0 saturated carbocycles. The first-order chi connectivity index (χ1) is 12.6. The minimum atomic E-state index is -0.752. The Morgan fingerprint density at radius 2 is 1.69 bits per heavy atom. The van der Waals surface area contributed by atoms with Gasteiger partial charge in [0.15, 0.2) is 0 Å². The van der Waals surface area contributed by atoms with Gasteiger partial charge in [0, 0.05) is 11.9 Å². The van der Waals surface area contributed by atoms with E-state index in [0.717, 1.165) is 12.1 Å². The Balaban J connectivity index is 1.78. The third-order valence-electron chi connectivity index (χ3n) is 3.50. The van der Waals surface area contributed by atoms with Gasteiger partial charge in [-0.05, 0) is 42.5 Å². The summed E-state index contributed by atoms with van der Waals surface area (Å²) in [5, 5.41) is 14.0. The summed E-state index contributed by atoms with van der Waals surface area (Å²) in [7, 11) is 0. The lowest BCUT2D eigenvalue weighted by Crippen LogP contribution is -2.12. The maximum absolute atomic E-state index is 13.7. The van der Waals surface area contributed by atoms with Crippen LogP contribution in [-0.4, -0.2) is 10.9 Å². The number of para-hydroxylation sites is 1. The highest BCUT2D eigenvalue weighted by molar-refractivity contribution is 6.04. The first kappa shape index (κ1) is 17.0. The maximum Gasteiger partial charge on any atom is 0.257 e. The number of nitrogens with one attached hydrogen (secondary N) is 2. The number of carbonyl (C=O) groups excluding carboxylic acids is 1. The van der Waals surface area contributed by atoms with Crippen LogP contribution in [0, 0.1) is 23.0 Å². The highest BCUT2D eigenvalue weighted by Crippen LogP contribution is 2.23. The number of nitrogens with zero attached hydrogens (tertiary/aromatic N) is 2. The van der Waals surface area contributed by atoms with E-state index >= 15 is 0 Å². The van der Waals surface area contributed by atoms with Crippen LogP contribution >= 0.6 is 0 Å². The predicted octanol–water partition coefficient (Wildman–Crippen LogP) is 4.23. The number of hydrogen-bond acceptors (Lipinski definition) is 4. The molecule has 0 spiro atoms. The molecule has 5 nitrogen and oxygen atoms in total. The van der Waals surface area contributed by atoms with Crippen molar-refractivity contribution in [2.75, 3.05) is 10.6 Å². The van der Waals surface area contributed by atoms with Crippen molar-refractivity contribution < 1.29 is 13.6 Å². The standard InChI is InChI=1S/C19H12F2N4O/c20-16-2-1-3-17(21)18(16)24-15-8-13(10-23-11-15)19(26)25-14-6-4-12(9-22)5-7-14/h1-8,10-11,24H,(H,25,26). The molecule has 0 saturated heterocycles. The van der Waals surface area contributed by atoms with Gasteiger partial charge in [0.05, 0.1) is 29.1 Å². The van der Waals surface area contributed by atoms with Crippen molar-refractivity contribution in [3.05, 3.63) is 83.7 Å². The lowest BCUT2D eigenvalue weighted by Gasteiger charge is -2.10. The van der Waals surface area contributed by atoms with Crippen LogP contribution in [0.25, 0.3) is 0 Å². The number of pyridine rings is 1. The Kier molecular flexibility index (Phi) is 4.85. The zero-order valence-electron chi connectivity index (χ0n) is 13.3. The first-order valence-electron chi connectivity index (χ1n) is 7.54. The molecule has 26 heavy (non-hydrogen) atoms. The quantitative estimate of drug-likeness (QED) is 0.738. The molecule has 3 aromatic rings. The van der Waals surface area contributed by atoms with E-state index in [2.05, 4.69) is 15.6 Å². The topological polar surface area (TPSA) is 77.8 Å². The van der Waals surface area contributed by atoms with Gasteiger partial charge in [0.25, 0.3) is 5.91 Å². The van der Waals surface area contributed by atoms with Crippen molar-refractivity contribution in [1.82, 2.24) is 4.98 Å². The van der Waals surface area contributed by atoms with Gasteiger partial charge < -0.3 is 10.6 Å². The second-order valence-corrected chi connectivity index (χ2v) is 5.33. The van der Waals surface area contributed by atoms with Gasteiger partial charge in [-0.15, -0.1) is 0 Å². The average Bonchev–Trinajstić information content (AvgIpc) is 2.66. The Labute approximate surface area is 147 Å². The summed E-state index contributed by atoms with van der Waals surface area (Å²) in [6, 6.07) is 13.3. The van der Waals surface area contributed by atoms with Crippen molar-refractivity contribution in [2.24, 2.45) is 0 Å². The van der Waals surface area contributed by atoms with Crippen molar-refractivity contribution in [3.8, 4) is 6.07 Å². The molecule has 0 aliphatic carbocycles. The lowest BCUT2D eigenvalue weighted by atomic mass is 10.2. The number of carbonyl (C=O) groups is 1. The molecule has 3 rings (SSSR count). The van der Waals surface area contributed by atoms with Crippen LogP contribution in [0.2, 0.25) is 0 Å². The zero-order valence-corrected chi connectivity index (χ0v) is 13.3. The molecule has 128 valence electrons. The fourth-order valence-electron chi connectivity index (χ4n) is 2.23. The number of rotatable bonds is 4. The fraction of sp³-hybridized carbons (Fsp3) is 0. The van der Waals surface area contributed by atoms with E-state index in [4.69, 9.17) is 5.26 Å². The molecule has 0 fully saturated rings. The number of anilines is 3. The Bertz CT molecular complexity index is 977. The van der Waals surface area contributed by atoms with Crippen LogP contribution in [0.4, 0.5) is 25.8 Å². The number of nitriles is 1. The van der Waals surface area contributed by atoms with E-state index in [0.29, 0.717) is 11.3 Å². The summed E-state index contributed by atoms with van der Waals surface area (Å²) in [5.74, 6) is -1.95. The highest BCUT2D eigenvalue weighted by atomic mass is 19.1. The van der Waals surface area contributed by atoms with E-state index in [1.807, 2.05) is 6.07 Å². The summed E-state index contributed by atoms with van der Waals surface area (Å²) >= 11 is 0. The van der Waals surface area contributed by atoms with Gasteiger partial charge in [0.2, 0.25) is 0 Å². The van der Waals surface area contributed by atoms with Gasteiger partial charge in [0.1, 0.15) is 17.3 Å². The molecule has 0 aliphatic heterocycles.